The lowest BCUT2D eigenvalue weighted by molar-refractivity contribution is 0.400. The van der Waals surface area contributed by atoms with Crippen LogP contribution in [0.15, 0.2) is 40.1 Å². The third-order valence-corrected chi connectivity index (χ3v) is 1.40. The molecule has 0 radical (unpaired) electrons. The van der Waals surface area contributed by atoms with E-state index in [0.717, 1.165) is 0 Å². The molecule has 0 aliphatic rings. The fourth-order valence-electron chi connectivity index (χ4n) is 0.836. The number of hydrogen-bond donors (Lipinski definition) is 0. The molecule has 1 aromatic heterocycles. The predicted octanol–water partition coefficient (Wildman–Crippen LogP) is 1.85. The molecule has 0 atom stereocenters. The minimum atomic E-state index is -0.428. The summed E-state index contributed by atoms with van der Waals surface area (Å²) in [5, 5.41) is 0. The second-order valence-corrected chi connectivity index (χ2v) is 2.31. The van der Waals surface area contributed by atoms with Crippen LogP contribution in [0.5, 0.6) is 5.75 Å². The molecule has 0 spiro atoms. The molecule has 1 rings (SSSR count). The van der Waals surface area contributed by atoms with Crippen LogP contribution >= 0.6 is 0 Å². The number of allylic oxidation sites excluding steroid dienone is 2. The maximum atomic E-state index is 10.9. The summed E-state index contributed by atoms with van der Waals surface area (Å²) < 4.78 is 9.75. The van der Waals surface area contributed by atoms with E-state index in [0.29, 0.717) is 11.5 Å². The van der Waals surface area contributed by atoms with E-state index < -0.39 is 5.63 Å². The summed E-state index contributed by atoms with van der Waals surface area (Å²) in [6.45, 7) is 3.50. The molecule has 0 N–H and O–H groups in total. The Bertz CT molecular complexity index is 374. The molecule has 0 aromatic carbocycles. The second kappa shape index (κ2) is 4.30. The molecule has 13 heavy (non-hydrogen) atoms. The van der Waals surface area contributed by atoms with Crippen molar-refractivity contribution in [1.82, 2.24) is 0 Å². The highest BCUT2D eigenvalue weighted by molar-refractivity contribution is 5.46. The largest absolute Gasteiger partial charge is 0.496 e. The Hall–Kier alpha value is -1.77. The Morgan fingerprint density at radius 3 is 2.92 bits per heavy atom. The molecule has 3 heteroatoms. The Morgan fingerprint density at radius 1 is 1.54 bits per heavy atom. The summed E-state index contributed by atoms with van der Waals surface area (Å²) >= 11 is 0. The van der Waals surface area contributed by atoms with Gasteiger partial charge in [-0.15, -0.1) is 0 Å². The van der Waals surface area contributed by atoms with Crippen molar-refractivity contribution in [3.8, 4) is 5.75 Å². The van der Waals surface area contributed by atoms with E-state index in [1.807, 2.05) is 0 Å². The predicted molar refractivity (Wildman–Crippen MR) is 50.8 cm³/mol. The Balaban J connectivity index is 3.08. The van der Waals surface area contributed by atoms with E-state index in [1.165, 1.54) is 13.2 Å². The minimum Gasteiger partial charge on any atom is -0.496 e. The summed E-state index contributed by atoms with van der Waals surface area (Å²) in [6.07, 6.45) is 4.91. The van der Waals surface area contributed by atoms with Crippen LogP contribution in [-0.4, -0.2) is 7.11 Å². The van der Waals surface area contributed by atoms with Crippen molar-refractivity contribution in [2.24, 2.45) is 0 Å². The maximum Gasteiger partial charge on any atom is 0.339 e. The van der Waals surface area contributed by atoms with E-state index in [4.69, 9.17) is 9.15 Å². The lowest BCUT2D eigenvalue weighted by Crippen LogP contribution is -1.98. The highest BCUT2D eigenvalue weighted by atomic mass is 16.5. The molecule has 1 heterocycles. The first-order chi connectivity index (χ1) is 6.26. The molecule has 3 nitrogen and oxygen atoms in total. The molecule has 0 aliphatic carbocycles. The van der Waals surface area contributed by atoms with Gasteiger partial charge in [-0.2, -0.15) is 0 Å². The van der Waals surface area contributed by atoms with Gasteiger partial charge in [0.1, 0.15) is 11.5 Å². The van der Waals surface area contributed by atoms with Gasteiger partial charge in [0, 0.05) is 6.07 Å². The lowest BCUT2D eigenvalue weighted by atomic mass is 10.3. The van der Waals surface area contributed by atoms with Gasteiger partial charge in [0.15, 0.2) is 0 Å². The summed E-state index contributed by atoms with van der Waals surface area (Å²) in [7, 11) is 1.50. The molecule has 0 aliphatic heterocycles. The van der Waals surface area contributed by atoms with Crippen LogP contribution < -0.4 is 10.4 Å². The SMILES string of the molecule is C=C/C=C/c1cc(OC)cc(=O)o1. The molecule has 1 aromatic rings. The normalized spacial score (nSPS) is 10.2. The Labute approximate surface area is 76.0 Å². The van der Waals surface area contributed by atoms with Gasteiger partial charge in [0.25, 0.3) is 0 Å². The molecular formula is C10H10O3. The Morgan fingerprint density at radius 2 is 2.31 bits per heavy atom. The first kappa shape index (κ1) is 9.32. The second-order valence-electron chi connectivity index (χ2n) is 2.31. The van der Waals surface area contributed by atoms with Gasteiger partial charge in [-0.1, -0.05) is 18.7 Å². The summed E-state index contributed by atoms with van der Waals surface area (Å²) in [6, 6.07) is 2.91. The summed E-state index contributed by atoms with van der Waals surface area (Å²) in [5.74, 6) is 0.934. The number of rotatable bonds is 3. The maximum absolute atomic E-state index is 10.9. The molecule has 0 unspecified atom stereocenters. The molecular weight excluding hydrogens is 168 g/mol. The van der Waals surface area contributed by atoms with E-state index in [9.17, 15) is 4.79 Å². The zero-order chi connectivity index (χ0) is 9.68. The average molecular weight is 178 g/mol. The minimum absolute atomic E-state index is 0.428. The number of methoxy groups -OCH3 is 1. The molecule has 0 bridgehead atoms. The third kappa shape index (κ3) is 2.63. The van der Waals surface area contributed by atoms with Gasteiger partial charge >= 0.3 is 5.63 Å². The number of hydrogen-bond acceptors (Lipinski definition) is 3. The molecule has 0 amide bonds. The first-order valence-corrected chi connectivity index (χ1v) is 3.74. The van der Waals surface area contributed by atoms with Crippen molar-refractivity contribution >= 4 is 6.08 Å². The fraction of sp³-hybridized carbons (Fsp3) is 0.100. The van der Waals surface area contributed by atoms with Crippen LogP contribution in [0.25, 0.3) is 6.08 Å². The van der Waals surface area contributed by atoms with Crippen molar-refractivity contribution in [2.45, 2.75) is 0 Å². The smallest absolute Gasteiger partial charge is 0.339 e. The van der Waals surface area contributed by atoms with E-state index >= 15 is 0 Å². The van der Waals surface area contributed by atoms with Crippen molar-refractivity contribution in [1.29, 1.82) is 0 Å². The topological polar surface area (TPSA) is 39.4 Å². The van der Waals surface area contributed by atoms with Gasteiger partial charge < -0.3 is 9.15 Å². The standard InChI is InChI=1S/C10H10O3/c1-3-4-5-8-6-9(12-2)7-10(11)13-8/h3-7H,1H2,2H3/b5-4+. The lowest BCUT2D eigenvalue weighted by Gasteiger charge is -1.97. The van der Waals surface area contributed by atoms with E-state index in [-0.39, 0.29) is 0 Å². The number of ether oxygens (including phenoxy) is 1. The van der Waals surface area contributed by atoms with Gasteiger partial charge in [-0.05, 0) is 6.08 Å². The van der Waals surface area contributed by atoms with Crippen LogP contribution in [0, 0.1) is 0 Å². The van der Waals surface area contributed by atoms with Crippen molar-refractivity contribution < 1.29 is 9.15 Å². The zero-order valence-corrected chi connectivity index (χ0v) is 7.32. The molecule has 0 saturated heterocycles. The van der Waals surface area contributed by atoms with Crippen LogP contribution in [-0.2, 0) is 0 Å². The van der Waals surface area contributed by atoms with Crippen molar-refractivity contribution in [2.75, 3.05) is 7.11 Å². The van der Waals surface area contributed by atoms with Crippen LogP contribution in [0.1, 0.15) is 5.76 Å². The molecule has 0 fully saturated rings. The molecule has 68 valence electrons. The summed E-state index contributed by atoms with van der Waals surface area (Å²) in [4.78, 5) is 10.9. The van der Waals surface area contributed by atoms with E-state index in [1.54, 1.807) is 24.3 Å². The zero-order valence-electron chi connectivity index (χ0n) is 7.32. The Kier molecular flexibility index (Phi) is 3.09. The van der Waals surface area contributed by atoms with Crippen molar-refractivity contribution in [3.05, 3.63) is 47.0 Å². The van der Waals surface area contributed by atoms with Crippen LogP contribution in [0.2, 0.25) is 0 Å². The highest BCUT2D eigenvalue weighted by Crippen LogP contribution is 2.10. The monoisotopic (exact) mass is 178 g/mol. The summed E-state index contributed by atoms with van der Waals surface area (Å²) in [5.41, 5.74) is -0.428. The van der Waals surface area contributed by atoms with Crippen LogP contribution in [0.4, 0.5) is 0 Å². The van der Waals surface area contributed by atoms with Crippen molar-refractivity contribution in [3.63, 3.8) is 0 Å². The first-order valence-electron chi connectivity index (χ1n) is 3.74. The fourth-order valence-corrected chi connectivity index (χ4v) is 0.836. The molecule has 0 saturated carbocycles. The quantitative estimate of drug-likeness (QED) is 0.663. The van der Waals surface area contributed by atoms with Gasteiger partial charge in [-0.25, -0.2) is 4.79 Å². The third-order valence-electron chi connectivity index (χ3n) is 1.40. The van der Waals surface area contributed by atoms with Gasteiger partial charge in [-0.3, -0.25) is 0 Å². The van der Waals surface area contributed by atoms with Gasteiger partial charge in [0.2, 0.25) is 0 Å². The average Bonchev–Trinajstić information content (AvgIpc) is 2.14. The highest BCUT2D eigenvalue weighted by Gasteiger charge is 1.97. The van der Waals surface area contributed by atoms with Crippen LogP contribution in [0.3, 0.4) is 0 Å². The van der Waals surface area contributed by atoms with Gasteiger partial charge in [0.05, 0.1) is 13.2 Å². The van der Waals surface area contributed by atoms with E-state index in [2.05, 4.69) is 6.58 Å².